The highest BCUT2D eigenvalue weighted by Gasteiger charge is 2.19. The van der Waals surface area contributed by atoms with Crippen LogP contribution < -0.4 is 5.32 Å². The lowest BCUT2D eigenvalue weighted by atomic mass is 10.1. The van der Waals surface area contributed by atoms with Gasteiger partial charge < -0.3 is 10.4 Å². The van der Waals surface area contributed by atoms with E-state index < -0.39 is 17.7 Å². The summed E-state index contributed by atoms with van der Waals surface area (Å²) in [6, 6.07) is 3.36. The number of halogens is 2. The van der Waals surface area contributed by atoms with E-state index in [2.05, 4.69) is 10.2 Å². The Labute approximate surface area is 122 Å². The Hall–Kier alpha value is -1.95. The van der Waals surface area contributed by atoms with Crippen LogP contribution in [-0.4, -0.2) is 41.8 Å². The SMILES string of the molecule is O=C(O)NC1CCN(C/C=C/c2cc(F)ccc2F)CC1. The zero-order valence-corrected chi connectivity index (χ0v) is 11.6. The van der Waals surface area contributed by atoms with Gasteiger partial charge in [0, 0.05) is 31.2 Å². The lowest BCUT2D eigenvalue weighted by molar-refractivity contribution is 0.173. The van der Waals surface area contributed by atoms with Crippen LogP contribution in [0.15, 0.2) is 24.3 Å². The van der Waals surface area contributed by atoms with Gasteiger partial charge in [0.25, 0.3) is 0 Å². The highest BCUT2D eigenvalue weighted by Crippen LogP contribution is 2.13. The normalized spacial score (nSPS) is 17.2. The van der Waals surface area contributed by atoms with E-state index in [-0.39, 0.29) is 11.6 Å². The van der Waals surface area contributed by atoms with Crippen molar-refractivity contribution in [3.8, 4) is 0 Å². The van der Waals surface area contributed by atoms with E-state index in [0.29, 0.717) is 6.54 Å². The third kappa shape index (κ3) is 4.82. The van der Waals surface area contributed by atoms with Gasteiger partial charge in [-0.15, -0.1) is 0 Å². The predicted molar refractivity (Wildman–Crippen MR) is 76.0 cm³/mol. The first-order valence-corrected chi connectivity index (χ1v) is 6.88. The molecule has 0 saturated carbocycles. The van der Waals surface area contributed by atoms with Gasteiger partial charge in [-0.2, -0.15) is 0 Å². The molecule has 21 heavy (non-hydrogen) atoms. The first-order chi connectivity index (χ1) is 10.0. The summed E-state index contributed by atoms with van der Waals surface area (Å²) in [7, 11) is 0. The number of carbonyl (C=O) groups is 1. The number of benzene rings is 1. The van der Waals surface area contributed by atoms with Gasteiger partial charge in [0.1, 0.15) is 11.6 Å². The van der Waals surface area contributed by atoms with Crippen molar-refractivity contribution < 1.29 is 18.7 Å². The summed E-state index contributed by atoms with van der Waals surface area (Å²) < 4.78 is 26.4. The molecule has 0 aliphatic carbocycles. The van der Waals surface area contributed by atoms with Crippen LogP contribution in [0.3, 0.4) is 0 Å². The van der Waals surface area contributed by atoms with Crippen LogP contribution in [0.1, 0.15) is 18.4 Å². The molecule has 4 nitrogen and oxygen atoms in total. The maximum Gasteiger partial charge on any atom is 0.404 e. The Balaban J connectivity index is 1.80. The topological polar surface area (TPSA) is 52.6 Å². The fourth-order valence-electron chi connectivity index (χ4n) is 2.41. The molecule has 0 aromatic heterocycles. The lowest BCUT2D eigenvalue weighted by Crippen LogP contribution is -2.44. The lowest BCUT2D eigenvalue weighted by Gasteiger charge is -2.30. The van der Waals surface area contributed by atoms with Crippen LogP contribution in [0.25, 0.3) is 6.08 Å². The fourth-order valence-corrected chi connectivity index (χ4v) is 2.41. The molecule has 0 spiro atoms. The third-order valence-electron chi connectivity index (χ3n) is 3.53. The molecule has 1 fully saturated rings. The molecule has 1 aliphatic rings. The Bertz CT molecular complexity index is 526. The summed E-state index contributed by atoms with van der Waals surface area (Å²) in [5.41, 5.74) is 0.234. The predicted octanol–water partition coefficient (Wildman–Crippen LogP) is 2.71. The van der Waals surface area contributed by atoms with Crippen LogP contribution in [0, 0.1) is 11.6 Å². The monoisotopic (exact) mass is 296 g/mol. The van der Waals surface area contributed by atoms with Crippen LogP contribution in [0.2, 0.25) is 0 Å². The van der Waals surface area contributed by atoms with E-state index in [9.17, 15) is 13.6 Å². The van der Waals surface area contributed by atoms with Gasteiger partial charge in [-0.05, 0) is 31.0 Å². The molecule has 0 bridgehead atoms. The first kappa shape index (κ1) is 15.4. The van der Waals surface area contributed by atoms with Gasteiger partial charge in [0.2, 0.25) is 0 Å². The number of likely N-dealkylation sites (tertiary alicyclic amines) is 1. The quantitative estimate of drug-likeness (QED) is 0.898. The van der Waals surface area contributed by atoms with Gasteiger partial charge in [-0.3, -0.25) is 4.90 Å². The van der Waals surface area contributed by atoms with E-state index in [1.807, 2.05) is 0 Å². The summed E-state index contributed by atoms with van der Waals surface area (Å²) in [5.74, 6) is -0.909. The molecule has 1 amide bonds. The summed E-state index contributed by atoms with van der Waals surface area (Å²) >= 11 is 0. The van der Waals surface area contributed by atoms with E-state index >= 15 is 0 Å². The summed E-state index contributed by atoms with van der Waals surface area (Å²) in [4.78, 5) is 12.7. The molecule has 1 aliphatic heterocycles. The third-order valence-corrected chi connectivity index (χ3v) is 3.53. The zero-order valence-electron chi connectivity index (χ0n) is 11.6. The Kier molecular flexibility index (Phi) is 5.27. The van der Waals surface area contributed by atoms with Crippen molar-refractivity contribution in [2.75, 3.05) is 19.6 Å². The molecule has 6 heteroatoms. The average molecular weight is 296 g/mol. The molecule has 0 atom stereocenters. The zero-order chi connectivity index (χ0) is 15.2. The Morgan fingerprint density at radius 2 is 2.10 bits per heavy atom. The average Bonchev–Trinajstić information content (AvgIpc) is 2.44. The molecule has 2 N–H and O–H groups in total. The molecule has 1 aromatic rings. The second kappa shape index (κ2) is 7.17. The van der Waals surface area contributed by atoms with Crippen LogP contribution in [-0.2, 0) is 0 Å². The maximum atomic E-state index is 13.4. The minimum Gasteiger partial charge on any atom is -0.465 e. The van der Waals surface area contributed by atoms with Crippen molar-refractivity contribution in [3.63, 3.8) is 0 Å². The van der Waals surface area contributed by atoms with E-state index in [1.165, 1.54) is 0 Å². The number of hydrogen-bond donors (Lipinski definition) is 2. The van der Waals surface area contributed by atoms with Gasteiger partial charge in [-0.25, -0.2) is 13.6 Å². The van der Waals surface area contributed by atoms with Crippen molar-refractivity contribution >= 4 is 12.2 Å². The number of amides is 1. The number of hydrogen-bond acceptors (Lipinski definition) is 2. The molecule has 1 saturated heterocycles. The van der Waals surface area contributed by atoms with Crippen molar-refractivity contribution in [1.82, 2.24) is 10.2 Å². The highest BCUT2D eigenvalue weighted by atomic mass is 19.1. The van der Waals surface area contributed by atoms with Crippen molar-refractivity contribution in [3.05, 3.63) is 41.5 Å². The molecule has 1 heterocycles. The van der Waals surface area contributed by atoms with Crippen LogP contribution >= 0.6 is 0 Å². The van der Waals surface area contributed by atoms with Crippen molar-refractivity contribution in [2.24, 2.45) is 0 Å². The number of piperidine rings is 1. The number of nitrogens with zero attached hydrogens (tertiary/aromatic N) is 1. The fraction of sp³-hybridized carbons (Fsp3) is 0.400. The van der Waals surface area contributed by atoms with E-state index in [0.717, 1.165) is 44.1 Å². The Morgan fingerprint density at radius 1 is 1.38 bits per heavy atom. The second-order valence-electron chi connectivity index (χ2n) is 5.09. The van der Waals surface area contributed by atoms with Crippen molar-refractivity contribution in [2.45, 2.75) is 18.9 Å². The largest absolute Gasteiger partial charge is 0.465 e. The number of nitrogens with one attached hydrogen (secondary N) is 1. The van der Waals surface area contributed by atoms with E-state index in [1.54, 1.807) is 12.2 Å². The molecule has 2 rings (SSSR count). The minimum absolute atomic E-state index is 0.00314. The van der Waals surface area contributed by atoms with Crippen molar-refractivity contribution in [1.29, 1.82) is 0 Å². The van der Waals surface area contributed by atoms with Gasteiger partial charge in [0.05, 0.1) is 0 Å². The molecular weight excluding hydrogens is 278 g/mol. The molecule has 1 aromatic carbocycles. The molecule has 0 unspecified atom stereocenters. The first-order valence-electron chi connectivity index (χ1n) is 6.88. The van der Waals surface area contributed by atoms with Gasteiger partial charge in [-0.1, -0.05) is 12.2 Å². The Morgan fingerprint density at radius 3 is 2.76 bits per heavy atom. The van der Waals surface area contributed by atoms with Gasteiger partial charge >= 0.3 is 6.09 Å². The van der Waals surface area contributed by atoms with Crippen LogP contribution in [0.5, 0.6) is 0 Å². The number of rotatable bonds is 4. The smallest absolute Gasteiger partial charge is 0.404 e. The second-order valence-corrected chi connectivity index (χ2v) is 5.09. The van der Waals surface area contributed by atoms with Gasteiger partial charge in [0.15, 0.2) is 0 Å². The van der Waals surface area contributed by atoms with E-state index in [4.69, 9.17) is 5.11 Å². The summed E-state index contributed by atoms with van der Waals surface area (Å²) in [5, 5.41) is 11.1. The molecule has 0 radical (unpaired) electrons. The highest BCUT2D eigenvalue weighted by molar-refractivity contribution is 5.64. The molecular formula is C15H18F2N2O2. The summed E-state index contributed by atoms with van der Waals surface area (Å²) in [6.07, 6.45) is 3.89. The standard InChI is InChI=1S/C15H18F2N2O2/c16-12-3-4-14(17)11(10-12)2-1-7-19-8-5-13(6-9-19)18-15(20)21/h1-4,10,13,18H,5-9H2,(H,20,21)/b2-1+. The maximum absolute atomic E-state index is 13.4. The summed E-state index contributed by atoms with van der Waals surface area (Å²) in [6.45, 7) is 2.19. The minimum atomic E-state index is -0.991. The number of carboxylic acid groups (broad SMARTS) is 1. The van der Waals surface area contributed by atoms with Crippen LogP contribution in [0.4, 0.5) is 13.6 Å². The molecule has 114 valence electrons.